The minimum absolute atomic E-state index is 0.0385. The second kappa shape index (κ2) is 6.86. The highest BCUT2D eigenvalue weighted by Crippen LogP contribution is 2.36. The summed E-state index contributed by atoms with van der Waals surface area (Å²) < 4.78 is 5.57. The molecule has 0 amide bonds. The average Bonchev–Trinajstić information content (AvgIpc) is 2.99. The van der Waals surface area contributed by atoms with E-state index in [1.54, 1.807) is 24.3 Å². The number of carbonyl (C=O) groups excluding carboxylic acids is 1. The molecule has 1 saturated heterocycles. The van der Waals surface area contributed by atoms with Gasteiger partial charge in [0.15, 0.2) is 5.78 Å². The molecule has 120 valence electrons. The molecule has 0 spiro atoms. The summed E-state index contributed by atoms with van der Waals surface area (Å²) >= 11 is 5.85. The predicted octanol–water partition coefficient (Wildman–Crippen LogP) is 4.57. The number of nitrogens with zero attached hydrogens (tertiary/aromatic N) is 2. The number of ketones is 1. The summed E-state index contributed by atoms with van der Waals surface area (Å²) in [7, 11) is 0. The van der Waals surface area contributed by atoms with Crippen LogP contribution in [0.1, 0.15) is 23.2 Å². The van der Waals surface area contributed by atoms with E-state index < -0.39 is 5.41 Å². The van der Waals surface area contributed by atoms with Crippen molar-refractivity contribution in [3.8, 4) is 6.07 Å². The van der Waals surface area contributed by atoms with Gasteiger partial charge in [-0.15, -0.1) is 0 Å². The monoisotopic (exact) mass is 338 g/mol. The molecule has 0 aliphatic carbocycles. The summed E-state index contributed by atoms with van der Waals surface area (Å²) in [5.74, 6) is 0.193. The molecule has 24 heavy (non-hydrogen) atoms. The Kier molecular flexibility index (Phi) is 4.64. The van der Waals surface area contributed by atoms with Gasteiger partial charge in [-0.1, -0.05) is 29.8 Å². The third-order valence-electron chi connectivity index (χ3n) is 4.01. The van der Waals surface area contributed by atoms with E-state index in [1.165, 1.54) is 0 Å². The number of Topliss-reactive ketones (excluding diaryl/α,β-unsaturated/α-hetero) is 1. The molecule has 0 saturated carbocycles. The number of rotatable bonds is 4. The number of hydrogen-bond donors (Lipinski definition) is 0. The fourth-order valence-electron chi connectivity index (χ4n) is 2.65. The molecule has 2 aromatic carbocycles. The Bertz CT molecular complexity index is 810. The molecule has 1 aliphatic heterocycles. The van der Waals surface area contributed by atoms with Gasteiger partial charge < -0.3 is 4.74 Å². The number of aliphatic imine (C=N–C) groups is 1. The molecule has 0 N–H and O–H groups in total. The van der Waals surface area contributed by atoms with Gasteiger partial charge in [-0.25, -0.2) is 4.99 Å². The lowest BCUT2D eigenvalue weighted by Gasteiger charge is -2.18. The van der Waals surface area contributed by atoms with Gasteiger partial charge in [-0.05, 0) is 36.4 Å². The number of para-hydroxylation sites is 1. The van der Waals surface area contributed by atoms with Crippen molar-refractivity contribution < 1.29 is 9.53 Å². The number of benzene rings is 2. The van der Waals surface area contributed by atoms with E-state index >= 15 is 0 Å². The molecule has 3 rings (SSSR count). The minimum atomic E-state index is -1.02. The first kappa shape index (κ1) is 16.2. The lowest BCUT2D eigenvalue weighted by Crippen LogP contribution is -2.28. The number of ether oxygens (including phenoxy) is 1. The van der Waals surface area contributed by atoms with Crippen LogP contribution in [-0.2, 0) is 4.74 Å². The Morgan fingerprint density at radius 2 is 1.92 bits per heavy atom. The molecule has 5 heteroatoms. The van der Waals surface area contributed by atoms with Crippen molar-refractivity contribution in [2.24, 2.45) is 10.4 Å². The summed E-state index contributed by atoms with van der Waals surface area (Å²) in [6.07, 6.45) is 0.491. The molecule has 0 bridgehead atoms. The van der Waals surface area contributed by atoms with Gasteiger partial charge >= 0.3 is 0 Å². The third kappa shape index (κ3) is 3.32. The highest BCUT2D eigenvalue weighted by molar-refractivity contribution is 6.30. The van der Waals surface area contributed by atoms with Crippen molar-refractivity contribution in [2.75, 3.05) is 6.61 Å². The van der Waals surface area contributed by atoms with Crippen molar-refractivity contribution >= 4 is 29.0 Å². The van der Waals surface area contributed by atoms with Gasteiger partial charge in [0, 0.05) is 23.4 Å². The van der Waals surface area contributed by atoms with Crippen LogP contribution in [-0.4, -0.2) is 18.3 Å². The summed E-state index contributed by atoms with van der Waals surface area (Å²) in [5.41, 5.74) is 0.208. The van der Waals surface area contributed by atoms with E-state index in [2.05, 4.69) is 11.1 Å². The molecular formula is C19H15ClN2O2. The van der Waals surface area contributed by atoms with Crippen molar-refractivity contribution in [3.63, 3.8) is 0 Å². The lowest BCUT2D eigenvalue weighted by molar-refractivity contribution is 0.0959. The number of hydrogen-bond acceptors (Lipinski definition) is 4. The topological polar surface area (TPSA) is 62.5 Å². The number of nitriles is 1. The average molecular weight is 339 g/mol. The summed E-state index contributed by atoms with van der Waals surface area (Å²) in [5, 5.41) is 10.3. The maximum atomic E-state index is 12.6. The van der Waals surface area contributed by atoms with E-state index in [0.717, 1.165) is 0 Å². The van der Waals surface area contributed by atoms with Crippen LogP contribution in [0.5, 0.6) is 0 Å². The minimum Gasteiger partial charge on any atom is -0.479 e. The van der Waals surface area contributed by atoms with Crippen molar-refractivity contribution in [3.05, 3.63) is 65.2 Å². The van der Waals surface area contributed by atoms with Gasteiger partial charge in [0.1, 0.15) is 5.41 Å². The molecule has 1 aliphatic rings. The summed E-state index contributed by atoms with van der Waals surface area (Å²) in [6, 6.07) is 18.2. The molecule has 1 fully saturated rings. The Labute approximate surface area is 145 Å². The highest BCUT2D eigenvalue weighted by Gasteiger charge is 2.44. The Balaban J connectivity index is 1.88. The van der Waals surface area contributed by atoms with Crippen LogP contribution in [0.15, 0.2) is 59.6 Å². The number of halogens is 1. The molecule has 0 radical (unpaired) electrons. The van der Waals surface area contributed by atoms with E-state index in [4.69, 9.17) is 16.3 Å². The molecule has 1 atom stereocenters. The Hall–Kier alpha value is -2.64. The van der Waals surface area contributed by atoms with E-state index in [1.807, 2.05) is 30.3 Å². The number of carbonyl (C=O) groups is 1. The fourth-order valence-corrected chi connectivity index (χ4v) is 2.77. The molecule has 1 heterocycles. The van der Waals surface area contributed by atoms with Gasteiger partial charge in [-0.3, -0.25) is 4.79 Å². The zero-order chi connectivity index (χ0) is 17.0. The fraction of sp³-hybridized carbons (Fsp3) is 0.211. The lowest BCUT2D eigenvalue weighted by atomic mass is 9.81. The summed E-state index contributed by atoms with van der Waals surface area (Å²) in [6.45, 7) is 0.382. The smallest absolute Gasteiger partial charge is 0.210 e. The van der Waals surface area contributed by atoms with Crippen molar-refractivity contribution in [1.29, 1.82) is 5.26 Å². The summed E-state index contributed by atoms with van der Waals surface area (Å²) in [4.78, 5) is 17.0. The van der Waals surface area contributed by atoms with Crippen LogP contribution in [0.2, 0.25) is 5.02 Å². The molecule has 0 aromatic heterocycles. The van der Waals surface area contributed by atoms with Crippen molar-refractivity contribution in [2.45, 2.75) is 12.8 Å². The maximum Gasteiger partial charge on any atom is 0.210 e. The van der Waals surface area contributed by atoms with Crippen LogP contribution in [0.4, 0.5) is 5.69 Å². The first-order valence-corrected chi connectivity index (χ1v) is 7.98. The molecular weight excluding hydrogens is 324 g/mol. The largest absolute Gasteiger partial charge is 0.479 e. The maximum absolute atomic E-state index is 12.6. The van der Waals surface area contributed by atoms with E-state index in [9.17, 15) is 10.1 Å². The normalized spacial score (nSPS) is 21.2. The van der Waals surface area contributed by atoms with Crippen LogP contribution < -0.4 is 0 Å². The first-order chi connectivity index (χ1) is 11.6. The Morgan fingerprint density at radius 3 is 2.58 bits per heavy atom. The Morgan fingerprint density at radius 1 is 1.21 bits per heavy atom. The molecule has 4 nitrogen and oxygen atoms in total. The SMILES string of the molecule is N#CC1(CC(=O)c2ccc(Cl)cc2)CCOC1=Nc1ccccc1. The third-order valence-corrected chi connectivity index (χ3v) is 4.26. The quantitative estimate of drug-likeness (QED) is 0.767. The van der Waals surface area contributed by atoms with Crippen LogP contribution in [0, 0.1) is 16.7 Å². The van der Waals surface area contributed by atoms with Gasteiger partial charge in [-0.2, -0.15) is 5.26 Å². The molecule has 2 aromatic rings. The standard InChI is InChI=1S/C19H15ClN2O2/c20-15-8-6-14(7-9-15)17(23)12-19(13-21)10-11-24-18(19)22-16-4-2-1-3-5-16/h1-9H,10-12H2. The van der Waals surface area contributed by atoms with E-state index in [0.29, 0.717) is 35.2 Å². The van der Waals surface area contributed by atoms with E-state index in [-0.39, 0.29) is 12.2 Å². The van der Waals surface area contributed by atoms with Gasteiger partial charge in [0.2, 0.25) is 5.90 Å². The van der Waals surface area contributed by atoms with Crippen LogP contribution in [0.3, 0.4) is 0 Å². The second-order valence-corrected chi connectivity index (χ2v) is 6.09. The zero-order valence-electron chi connectivity index (χ0n) is 12.9. The first-order valence-electron chi connectivity index (χ1n) is 7.60. The highest BCUT2D eigenvalue weighted by atomic mass is 35.5. The molecule has 1 unspecified atom stereocenters. The van der Waals surface area contributed by atoms with Crippen LogP contribution in [0.25, 0.3) is 0 Å². The second-order valence-electron chi connectivity index (χ2n) is 5.65. The van der Waals surface area contributed by atoms with Gasteiger partial charge in [0.25, 0.3) is 0 Å². The van der Waals surface area contributed by atoms with Crippen molar-refractivity contribution in [1.82, 2.24) is 0 Å². The van der Waals surface area contributed by atoms with Gasteiger partial charge in [0.05, 0.1) is 18.4 Å². The van der Waals surface area contributed by atoms with Crippen LogP contribution >= 0.6 is 11.6 Å². The zero-order valence-corrected chi connectivity index (χ0v) is 13.7. The predicted molar refractivity (Wildman–Crippen MR) is 92.6 cm³/mol.